The fraction of sp³-hybridized carbons (Fsp3) is 0.0769. The summed E-state index contributed by atoms with van der Waals surface area (Å²) < 4.78 is 16.1. The molecule has 0 radical (unpaired) electrons. The van der Waals surface area contributed by atoms with Crippen LogP contribution in [-0.4, -0.2) is 14.6 Å². The Morgan fingerprint density at radius 2 is 2.00 bits per heavy atom. The molecule has 0 aliphatic heterocycles. The highest BCUT2D eigenvalue weighted by atomic mass is 79.9. The second-order valence-corrected chi connectivity index (χ2v) is 4.66. The smallest absolute Gasteiger partial charge is 0.136 e. The summed E-state index contributed by atoms with van der Waals surface area (Å²) in [6, 6.07) is 10.5. The molecule has 0 saturated heterocycles. The molecule has 0 bridgehead atoms. The van der Waals surface area contributed by atoms with Crippen LogP contribution < -0.4 is 0 Å². The molecule has 90 valence electrons. The number of halogens is 2. The molecule has 0 amide bonds. The number of imidazole rings is 1. The molecule has 2 aromatic heterocycles. The first-order valence-corrected chi connectivity index (χ1v) is 6.26. The van der Waals surface area contributed by atoms with Crippen LogP contribution in [0.4, 0.5) is 4.39 Å². The quantitative estimate of drug-likeness (QED) is 0.727. The van der Waals surface area contributed by atoms with E-state index >= 15 is 0 Å². The Labute approximate surface area is 111 Å². The van der Waals surface area contributed by atoms with Gasteiger partial charge in [0.15, 0.2) is 0 Å². The average molecular weight is 306 g/mol. The maximum absolute atomic E-state index is 13.6. The van der Waals surface area contributed by atoms with Gasteiger partial charge in [-0.25, -0.2) is 13.9 Å². The number of hydrogen-bond donors (Lipinski definition) is 0. The van der Waals surface area contributed by atoms with Crippen molar-refractivity contribution in [1.29, 1.82) is 0 Å². The van der Waals surface area contributed by atoms with Gasteiger partial charge in [-0.05, 0) is 39.7 Å². The van der Waals surface area contributed by atoms with Crippen molar-refractivity contribution in [3.05, 3.63) is 64.4 Å². The van der Waals surface area contributed by atoms with Crippen LogP contribution >= 0.6 is 15.9 Å². The largest absolute Gasteiger partial charge is 0.223 e. The lowest BCUT2D eigenvalue weighted by atomic mass is 10.1. The van der Waals surface area contributed by atoms with Crippen LogP contribution in [0.3, 0.4) is 0 Å². The highest BCUT2D eigenvalue weighted by Gasteiger charge is 2.11. The fourth-order valence-corrected chi connectivity index (χ4v) is 2.38. The molecule has 0 atom stereocenters. The predicted molar refractivity (Wildman–Crippen MR) is 69.9 cm³/mol. The first kappa shape index (κ1) is 11.3. The molecular formula is C13H9BrFN3. The number of aromatic nitrogens is 3. The van der Waals surface area contributed by atoms with Gasteiger partial charge in [-0.2, -0.15) is 5.10 Å². The van der Waals surface area contributed by atoms with Gasteiger partial charge in [0.1, 0.15) is 16.2 Å². The fourth-order valence-electron chi connectivity index (χ4n) is 1.88. The van der Waals surface area contributed by atoms with E-state index in [4.69, 9.17) is 0 Å². The number of nitrogens with zero attached hydrogens (tertiary/aromatic N) is 3. The van der Waals surface area contributed by atoms with E-state index in [1.807, 2.05) is 18.2 Å². The molecule has 0 unspecified atom stereocenters. The lowest BCUT2D eigenvalue weighted by Crippen LogP contribution is -2.00. The Hall–Kier alpha value is -1.75. The van der Waals surface area contributed by atoms with E-state index in [1.165, 1.54) is 6.07 Å². The molecule has 0 spiro atoms. The van der Waals surface area contributed by atoms with Crippen molar-refractivity contribution in [2.75, 3.05) is 0 Å². The minimum atomic E-state index is -0.221. The zero-order valence-electron chi connectivity index (χ0n) is 9.35. The van der Waals surface area contributed by atoms with Gasteiger partial charge >= 0.3 is 0 Å². The lowest BCUT2D eigenvalue weighted by Gasteiger charge is -2.01. The summed E-state index contributed by atoms with van der Waals surface area (Å²) in [7, 11) is 0. The Balaban J connectivity index is 2.08. The zero-order chi connectivity index (χ0) is 12.5. The lowest BCUT2D eigenvalue weighted by molar-refractivity contribution is 0.611. The van der Waals surface area contributed by atoms with Crippen LogP contribution in [0.5, 0.6) is 0 Å². The third kappa shape index (κ3) is 1.90. The van der Waals surface area contributed by atoms with Gasteiger partial charge in [-0.15, -0.1) is 0 Å². The molecule has 0 N–H and O–H groups in total. The summed E-state index contributed by atoms with van der Waals surface area (Å²) in [5, 5.41) is 4.23. The first-order chi connectivity index (χ1) is 8.75. The highest BCUT2D eigenvalue weighted by Crippen LogP contribution is 2.20. The van der Waals surface area contributed by atoms with E-state index in [1.54, 1.807) is 22.8 Å². The van der Waals surface area contributed by atoms with Crippen LogP contribution in [0.25, 0.3) is 5.52 Å². The molecule has 3 aromatic rings. The Kier molecular flexibility index (Phi) is 2.83. The molecule has 2 heterocycles. The van der Waals surface area contributed by atoms with Gasteiger partial charge < -0.3 is 0 Å². The maximum atomic E-state index is 13.6. The van der Waals surface area contributed by atoms with Crippen molar-refractivity contribution >= 4 is 21.4 Å². The number of benzene rings is 1. The van der Waals surface area contributed by atoms with Crippen molar-refractivity contribution < 1.29 is 4.39 Å². The minimum Gasteiger partial charge on any atom is -0.223 e. The van der Waals surface area contributed by atoms with Crippen LogP contribution in [0.2, 0.25) is 0 Å². The maximum Gasteiger partial charge on any atom is 0.136 e. The molecule has 1 aromatic carbocycles. The topological polar surface area (TPSA) is 30.2 Å². The van der Waals surface area contributed by atoms with E-state index in [0.29, 0.717) is 17.8 Å². The van der Waals surface area contributed by atoms with Gasteiger partial charge in [-0.3, -0.25) is 0 Å². The van der Waals surface area contributed by atoms with E-state index in [-0.39, 0.29) is 5.82 Å². The molecule has 3 rings (SSSR count). The Bertz CT molecular complexity index is 708. The number of rotatable bonds is 2. The van der Waals surface area contributed by atoms with Crippen LogP contribution in [-0.2, 0) is 6.42 Å². The summed E-state index contributed by atoms with van der Waals surface area (Å²) in [5.41, 5.74) is 1.49. The molecular weight excluding hydrogens is 297 g/mol. The predicted octanol–water partition coefficient (Wildman–Crippen LogP) is 3.22. The molecule has 0 aliphatic carbocycles. The second kappa shape index (κ2) is 4.49. The van der Waals surface area contributed by atoms with Gasteiger partial charge in [0.25, 0.3) is 0 Å². The Morgan fingerprint density at radius 1 is 1.17 bits per heavy atom. The zero-order valence-corrected chi connectivity index (χ0v) is 10.9. The summed E-state index contributed by atoms with van der Waals surface area (Å²) in [6.07, 6.45) is 2.10. The third-order valence-corrected chi connectivity index (χ3v) is 3.32. The number of fused-ring (bicyclic) bond motifs is 1. The third-order valence-electron chi connectivity index (χ3n) is 2.74. The summed E-state index contributed by atoms with van der Waals surface area (Å²) >= 11 is 3.38. The second-order valence-electron chi connectivity index (χ2n) is 3.91. The summed E-state index contributed by atoms with van der Waals surface area (Å²) in [5.74, 6) is 0.490. The van der Waals surface area contributed by atoms with Gasteiger partial charge in [0.05, 0.1) is 5.52 Å². The Morgan fingerprint density at radius 3 is 2.83 bits per heavy atom. The van der Waals surface area contributed by atoms with Gasteiger partial charge in [-0.1, -0.05) is 18.2 Å². The summed E-state index contributed by atoms with van der Waals surface area (Å²) in [4.78, 5) is 4.38. The van der Waals surface area contributed by atoms with Crippen LogP contribution in [0.1, 0.15) is 11.4 Å². The van der Waals surface area contributed by atoms with E-state index in [9.17, 15) is 4.39 Å². The van der Waals surface area contributed by atoms with Crippen molar-refractivity contribution in [3.8, 4) is 0 Å². The first-order valence-electron chi connectivity index (χ1n) is 5.47. The van der Waals surface area contributed by atoms with Crippen molar-refractivity contribution in [3.63, 3.8) is 0 Å². The van der Waals surface area contributed by atoms with Crippen LogP contribution in [0, 0.1) is 5.82 Å². The van der Waals surface area contributed by atoms with Gasteiger partial charge in [0, 0.05) is 12.6 Å². The minimum absolute atomic E-state index is 0.221. The monoisotopic (exact) mass is 305 g/mol. The molecule has 5 heteroatoms. The van der Waals surface area contributed by atoms with Crippen LogP contribution in [0.15, 0.2) is 47.2 Å². The van der Waals surface area contributed by atoms with Gasteiger partial charge in [0.2, 0.25) is 0 Å². The standard InChI is InChI=1S/C13H9BrFN3/c14-13-11-6-3-7-16-18(11)12(17-13)8-9-4-1-2-5-10(9)15/h1-7H,8H2. The van der Waals surface area contributed by atoms with Crippen molar-refractivity contribution in [2.24, 2.45) is 0 Å². The van der Waals surface area contributed by atoms with Crippen molar-refractivity contribution in [1.82, 2.24) is 14.6 Å². The molecule has 0 saturated carbocycles. The van der Waals surface area contributed by atoms with E-state index in [0.717, 1.165) is 10.1 Å². The molecule has 3 nitrogen and oxygen atoms in total. The molecule has 0 aliphatic rings. The van der Waals surface area contributed by atoms with Crippen molar-refractivity contribution in [2.45, 2.75) is 6.42 Å². The normalized spacial score (nSPS) is 11.0. The SMILES string of the molecule is Fc1ccccc1Cc1nc(Br)c2cccnn12. The average Bonchev–Trinajstić information content (AvgIpc) is 2.70. The summed E-state index contributed by atoms with van der Waals surface area (Å²) in [6.45, 7) is 0. The number of hydrogen-bond acceptors (Lipinski definition) is 2. The van der Waals surface area contributed by atoms with E-state index < -0.39 is 0 Å². The van der Waals surface area contributed by atoms with E-state index in [2.05, 4.69) is 26.0 Å². The molecule has 18 heavy (non-hydrogen) atoms. The highest BCUT2D eigenvalue weighted by molar-refractivity contribution is 9.10. The molecule has 0 fully saturated rings.